The van der Waals surface area contributed by atoms with Crippen molar-refractivity contribution in [3.05, 3.63) is 51.9 Å². The molecule has 0 saturated heterocycles. The lowest BCUT2D eigenvalue weighted by Gasteiger charge is -2.14. The van der Waals surface area contributed by atoms with Crippen LogP contribution in [0.5, 0.6) is 17.2 Å². The fraction of sp³-hybridized carbons (Fsp3) is 0.294. The van der Waals surface area contributed by atoms with Gasteiger partial charge in [0.25, 0.3) is 0 Å². The molecule has 3 rings (SSSR count). The SMILES string of the molecule is COc1cc(CNC(=O)c2nc(Cn3cc([N+](=O)[O-])cn3)no2)cc(OC)c1OC. The number of methoxy groups -OCH3 is 3. The van der Waals surface area contributed by atoms with Crippen molar-refractivity contribution in [2.24, 2.45) is 0 Å². The Hall–Kier alpha value is -4.16. The Morgan fingerprint density at radius 3 is 2.50 bits per heavy atom. The number of carbonyl (C=O) groups excluding carboxylic acids is 1. The standard InChI is InChI=1S/C17H18N6O7/c1-27-12-4-10(5-13(28-2)15(12)29-3)6-18-16(24)17-20-14(21-30-17)9-22-8-11(7-19-22)23(25)26/h4-5,7-8H,6,9H2,1-3H3,(H,18,24). The molecule has 1 N–H and O–H groups in total. The summed E-state index contributed by atoms with van der Waals surface area (Å²) in [5, 5.41) is 20.9. The summed E-state index contributed by atoms with van der Waals surface area (Å²) in [6.45, 7) is 0.149. The summed E-state index contributed by atoms with van der Waals surface area (Å²) in [5.41, 5.74) is 0.531. The summed E-state index contributed by atoms with van der Waals surface area (Å²) in [4.78, 5) is 26.4. The Labute approximate surface area is 169 Å². The molecule has 0 spiro atoms. The van der Waals surface area contributed by atoms with Gasteiger partial charge in [-0.3, -0.25) is 19.6 Å². The highest BCUT2D eigenvalue weighted by atomic mass is 16.6. The van der Waals surface area contributed by atoms with Crippen molar-refractivity contribution < 1.29 is 28.5 Å². The van der Waals surface area contributed by atoms with Crippen LogP contribution in [-0.2, 0) is 13.1 Å². The van der Waals surface area contributed by atoms with Crippen molar-refractivity contribution in [1.82, 2.24) is 25.2 Å². The van der Waals surface area contributed by atoms with E-state index in [4.69, 9.17) is 18.7 Å². The number of nitrogens with one attached hydrogen (secondary N) is 1. The van der Waals surface area contributed by atoms with Gasteiger partial charge in [0.05, 0.1) is 26.3 Å². The minimum atomic E-state index is -0.589. The monoisotopic (exact) mass is 418 g/mol. The summed E-state index contributed by atoms with van der Waals surface area (Å²) in [6.07, 6.45) is 2.33. The number of aromatic nitrogens is 4. The van der Waals surface area contributed by atoms with Gasteiger partial charge in [0.1, 0.15) is 18.9 Å². The van der Waals surface area contributed by atoms with E-state index in [0.717, 1.165) is 6.20 Å². The van der Waals surface area contributed by atoms with Crippen molar-refractivity contribution in [2.45, 2.75) is 13.1 Å². The van der Waals surface area contributed by atoms with Gasteiger partial charge in [-0.05, 0) is 17.7 Å². The van der Waals surface area contributed by atoms with Crippen LogP contribution in [0.4, 0.5) is 5.69 Å². The maximum absolute atomic E-state index is 12.3. The van der Waals surface area contributed by atoms with Gasteiger partial charge in [0, 0.05) is 6.54 Å². The second-order valence-electron chi connectivity index (χ2n) is 5.89. The molecule has 0 atom stereocenters. The fourth-order valence-electron chi connectivity index (χ4n) is 2.58. The third kappa shape index (κ3) is 4.45. The average Bonchev–Trinajstić information content (AvgIpc) is 3.41. The third-order valence-electron chi connectivity index (χ3n) is 3.97. The van der Waals surface area contributed by atoms with Crippen molar-refractivity contribution in [3.63, 3.8) is 0 Å². The molecule has 13 nitrogen and oxygen atoms in total. The molecule has 1 aromatic carbocycles. The van der Waals surface area contributed by atoms with Crippen LogP contribution < -0.4 is 19.5 Å². The zero-order valence-electron chi connectivity index (χ0n) is 16.3. The lowest BCUT2D eigenvalue weighted by molar-refractivity contribution is -0.385. The van der Waals surface area contributed by atoms with Crippen molar-refractivity contribution in [2.75, 3.05) is 21.3 Å². The number of nitrogens with zero attached hydrogens (tertiary/aromatic N) is 5. The molecule has 0 aliphatic rings. The topological polar surface area (TPSA) is 157 Å². The third-order valence-corrected chi connectivity index (χ3v) is 3.97. The Kier molecular flexibility index (Phi) is 6.10. The first-order valence-electron chi connectivity index (χ1n) is 8.51. The smallest absolute Gasteiger partial charge is 0.316 e. The highest BCUT2D eigenvalue weighted by Crippen LogP contribution is 2.38. The average molecular weight is 418 g/mol. The van der Waals surface area contributed by atoms with Crippen LogP contribution in [0.1, 0.15) is 22.1 Å². The number of ether oxygens (including phenoxy) is 3. The van der Waals surface area contributed by atoms with E-state index in [1.165, 1.54) is 32.2 Å². The molecule has 2 heterocycles. The second-order valence-corrected chi connectivity index (χ2v) is 5.89. The minimum Gasteiger partial charge on any atom is -0.493 e. The number of hydrogen-bond acceptors (Lipinski definition) is 10. The number of nitro groups is 1. The molecule has 0 unspecified atom stereocenters. The lowest BCUT2D eigenvalue weighted by Crippen LogP contribution is -2.23. The van der Waals surface area contributed by atoms with Crippen molar-refractivity contribution in [1.29, 1.82) is 0 Å². The molecular formula is C17H18N6O7. The van der Waals surface area contributed by atoms with E-state index in [1.54, 1.807) is 12.1 Å². The quantitative estimate of drug-likeness (QED) is 0.395. The highest BCUT2D eigenvalue weighted by Gasteiger charge is 2.18. The summed E-state index contributed by atoms with van der Waals surface area (Å²) in [5.74, 6) is 0.651. The molecular weight excluding hydrogens is 400 g/mol. The zero-order chi connectivity index (χ0) is 21.7. The molecule has 0 bridgehead atoms. The summed E-state index contributed by atoms with van der Waals surface area (Å²) >= 11 is 0. The maximum Gasteiger partial charge on any atom is 0.316 e. The first kappa shape index (κ1) is 20.6. The Morgan fingerprint density at radius 2 is 1.93 bits per heavy atom. The van der Waals surface area contributed by atoms with Crippen LogP contribution in [0, 0.1) is 10.1 Å². The van der Waals surface area contributed by atoms with E-state index >= 15 is 0 Å². The van der Waals surface area contributed by atoms with Crippen molar-refractivity contribution in [3.8, 4) is 17.2 Å². The highest BCUT2D eigenvalue weighted by molar-refractivity contribution is 5.89. The van der Waals surface area contributed by atoms with Gasteiger partial charge in [-0.2, -0.15) is 10.1 Å². The van der Waals surface area contributed by atoms with Gasteiger partial charge in [-0.15, -0.1) is 0 Å². The number of amides is 1. The van der Waals surface area contributed by atoms with E-state index in [1.807, 2.05) is 0 Å². The van der Waals surface area contributed by atoms with Gasteiger partial charge in [0.2, 0.25) is 5.75 Å². The normalized spacial score (nSPS) is 10.5. The van der Waals surface area contributed by atoms with Gasteiger partial charge >= 0.3 is 17.5 Å². The summed E-state index contributed by atoms with van der Waals surface area (Å²) in [7, 11) is 4.48. The predicted octanol–water partition coefficient (Wildman–Crippen LogP) is 1.18. The zero-order valence-corrected chi connectivity index (χ0v) is 16.3. The van der Waals surface area contributed by atoms with Gasteiger partial charge in [-0.25, -0.2) is 0 Å². The lowest BCUT2D eigenvalue weighted by atomic mass is 10.1. The molecule has 0 radical (unpaired) electrons. The minimum absolute atomic E-state index is 0.0114. The van der Waals surface area contributed by atoms with Crippen LogP contribution in [0.25, 0.3) is 0 Å². The molecule has 30 heavy (non-hydrogen) atoms. The van der Waals surface area contributed by atoms with Gasteiger partial charge in [0.15, 0.2) is 17.3 Å². The predicted molar refractivity (Wildman–Crippen MR) is 99.5 cm³/mol. The maximum atomic E-state index is 12.3. The van der Waals surface area contributed by atoms with E-state index in [9.17, 15) is 14.9 Å². The van der Waals surface area contributed by atoms with Crippen LogP contribution in [0.15, 0.2) is 29.0 Å². The largest absolute Gasteiger partial charge is 0.493 e. The first-order chi connectivity index (χ1) is 14.4. The molecule has 158 valence electrons. The van der Waals surface area contributed by atoms with Crippen LogP contribution >= 0.6 is 0 Å². The molecule has 13 heteroatoms. The molecule has 2 aromatic heterocycles. The molecule has 0 saturated carbocycles. The van der Waals surface area contributed by atoms with Crippen molar-refractivity contribution >= 4 is 11.6 Å². The molecule has 3 aromatic rings. The second kappa shape index (κ2) is 8.89. The number of rotatable bonds is 9. The number of carbonyl (C=O) groups is 1. The summed E-state index contributed by atoms with van der Waals surface area (Å²) < 4.78 is 22.0. The van der Waals surface area contributed by atoms with E-state index in [0.29, 0.717) is 22.8 Å². The van der Waals surface area contributed by atoms with Gasteiger partial charge < -0.3 is 24.1 Å². The summed E-state index contributed by atoms with van der Waals surface area (Å²) in [6, 6.07) is 3.40. The van der Waals surface area contributed by atoms with E-state index in [2.05, 4.69) is 20.6 Å². The van der Waals surface area contributed by atoms with Crippen LogP contribution in [-0.4, -0.2) is 52.1 Å². The Balaban J connectivity index is 1.65. The number of benzene rings is 1. The molecule has 1 amide bonds. The first-order valence-corrected chi connectivity index (χ1v) is 8.51. The number of hydrogen-bond donors (Lipinski definition) is 1. The van der Waals surface area contributed by atoms with Crippen LogP contribution in [0.2, 0.25) is 0 Å². The fourth-order valence-corrected chi connectivity index (χ4v) is 2.58. The molecule has 0 aliphatic carbocycles. The van der Waals surface area contributed by atoms with Crippen LogP contribution in [0.3, 0.4) is 0 Å². The molecule has 0 aliphatic heterocycles. The van der Waals surface area contributed by atoms with Gasteiger partial charge in [-0.1, -0.05) is 5.16 Å². The Bertz CT molecular complexity index is 1040. The Morgan fingerprint density at radius 1 is 1.23 bits per heavy atom. The van der Waals surface area contributed by atoms with E-state index in [-0.39, 0.29) is 30.5 Å². The van der Waals surface area contributed by atoms with E-state index < -0.39 is 10.8 Å². The molecule has 0 fully saturated rings.